The molecule has 2 aromatic heterocycles. The van der Waals surface area contributed by atoms with Crippen molar-refractivity contribution >= 4 is 45.0 Å². The number of fused-ring (bicyclic) bond motifs is 1. The Bertz CT molecular complexity index is 1950. The zero-order chi connectivity index (χ0) is 30.3. The maximum atomic E-state index is 14.0. The summed E-state index contributed by atoms with van der Waals surface area (Å²) in [7, 11) is 1.53. The predicted octanol–water partition coefficient (Wildman–Crippen LogP) is 5.43. The van der Waals surface area contributed by atoms with Gasteiger partial charge in [0.2, 0.25) is 0 Å². The third-order valence-corrected chi connectivity index (χ3v) is 8.13. The normalized spacial score (nSPS) is 15.0. The number of aromatic nitrogens is 1. The molecule has 0 amide bonds. The fourth-order valence-corrected chi connectivity index (χ4v) is 6.22. The van der Waals surface area contributed by atoms with E-state index in [1.165, 1.54) is 35.1 Å². The van der Waals surface area contributed by atoms with Gasteiger partial charge >= 0.3 is 5.97 Å². The SMILES string of the molecule is COc1ccc(Br)cc1[C@@H]1C(C(=O)OC(C)C)=C(C)N=c2s/c(=C\c3ccc(-c4ccc([N+](=O)[O-])cc4C)o3)c(=O)n21. The Morgan fingerprint density at radius 1 is 1.19 bits per heavy atom. The number of aryl methyl sites for hydroxylation is 1. The lowest BCUT2D eigenvalue weighted by molar-refractivity contribution is -0.384. The quantitative estimate of drug-likeness (QED) is 0.148. The van der Waals surface area contributed by atoms with Gasteiger partial charge in [-0.15, -0.1) is 0 Å². The molecule has 0 aliphatic carbocycles. The second-order valence-corrected chi connectivity index (χ2v) is 11.8. The van der Waals surface area contributed by atoms with E-state index in [1.807, 2.05) is 12.1 Å². The van der Waals surface area contributed by atoms with Gasteiger partial charge in [-0.2, -0.15) is 0 Å². The van der Waals surface area contributed by atoms with Gasteiger partial charge in [-0.1, -0.05) is 27.3 Å². The number of carbonyl (C=O) groups excluding carboxylic acids is 1. The minimum absolute atomic E-state index is 0.00675. The highest BCUT2D eigenvalue weighted by molar-refractivity contribution is 9.10. The highest BCUT2D eigenvalue weighted by Gasteiger charge is 2.35. The molecule has 0 unspecified atom stereocenters. The van der Waals surface area contributed by atoms with Gasteiger partial charge in [0, 0.05) is 33.8 Å². The van der Waals surface area contributed by atoms with Gasteiger partial charge in [0.25, 0.3) is 11.2 Å². The molecule has 0 fully saturated rings. The van der Waals surface area contributed by atoms with Gasteiger partial charge in [0.15, 0.2) is 4.80 Å². The maximum Gasteiger partial charge on any atom is 0.338 e. The summed E-state index contributed by atoms with van der Waals surface area (Å²) in [5.41, 5.74) is 2.29. The summed E-state index contributed by atoms with van der Waals surface area (Å²) in [4.78, 5) is 43.0. The molecule has 5 rings (SSSR count). The number of allylic oxidation sites excluding steroid dienone is 1. The largest absolute Gasteiger partial charge is 0.496 e. The van der Waals surface area contributed by atoms with Crippen molar-refractivity contribution in [3.8, 4) is 17.1 Å². The summed E-state index contributed by atoms with van der Waals surface area (Å²) >= 11 is 4.67. The van der Waals surface area contributed by atoms with E-state index in [2.05, 4.69) is 20.9 Å². The van der Waals surface area contributed by atoms with Gasteiger partial charge in [-0.3, -0.25) is 19.5 Å². The van der Waals surface area contributed by atoms with Gasteiger partial charge < -0.3 is 13.9 Å². The number of halogens is 1. The Morgan fingerprint density at radius 3 is 2.62 bits per heavy atom. The Hall–Kier alpha value is -4.29. The Morgan fingerprint density at radius 2 is 1.95 bits per heavy atom. The van der Waals surface area contributed by atoms with E-state index in [0.29, 0.717) is 49.0 Å². The van der Waals surface area contributed by atoms with Gasteiger partial charge in [0.05, 0.1) is 33.9 Å². The molecular formula is C30H26BrN3O7S. The number of esters is 1. The van der Waals surface area contributed by atoms with Crippen LogP contribution in [0.2, 0.25) is 0 Å². The molecule has 1 aliphatic rings. The summed E-state index contributed by atoms with van der Waals surface area (Å²) in [5.74, 6) is 0.852. The number of hydrogen-bond acceptors (Lipinski definition) is 9. The summed E-state index contributed by atoms with van der Waals surface area (Å²) < 4.78 is 19.8. The molecule has 0 radical (unpaired) electrons. The van der Waals surface area contributed by atoms with Crippen molar-refractivity contribution in [1.29, 1.82) is 0 Å². The van der Waals surface area contributed by atoms with E-state index < -0.39 is 16.9 Å². The fraction of sp³-hybridized carbons (Fsp3) is 0.233. The van der Waals surface area contributed by atoms with Crippen LogP contribution in [0.5, 0.6) is 5.75 Å². The first-order valence-electron chi connectivity index (χ1n) is 12.9. The van der Waals surface area contributed by atoms with Crippen molar-refractivity contribution in [1.82, 2.24) is 4.57 Å². The molecule has 10 nitrogen and oxygen atoms in total. The average molecular weight is 653 g/mol. The third kappa shape index (κ3) is 5.47. The van der Waals surface area contributed by atoms with E-state index in [4.69, 9.17) is 13.9 Å². The minimum Gasteiger partial charge on any atom is -0.496 e. The minimum atomic E-state index is -0.850. The molecule has 0 N–H and O–H groups in total. The lowest BCUT2D eigenvalue weighted by Crippen LogP contribution is -2.40. The monoisotopic (exact) mass is 651 g/mol. The first-order chi connectivity index (χ1) is 20.0. The number of nitrogens with zero attached hydrogens (tertiary/aromatic N) is 3. The topological polar surface area (TPSA) is 126 Å². The second kappa shape index (κ2) is 11.5. The van der Waals surface area contributed by atoms with Crippen LogP contribution in [0, 0.1) is 17.0 Å². The molecular weight excluding hydrogens is 626 g/mol. The molecule has 0 saturated heterocycles. The molecule has 2 aromatic carbocycles. The number of ether oxygens (including phenoxy) is 2. The number of nitro groups is 1. The lowest BCUT2D eigenvalue weighted by atomic mass is 9.95. The van der Waals surface area contributed by atoms with Crippen LogP contribution in [0.3, 0.4) is 0 Å². The molecule has 3 heterocycles. The number of non-ortho nitro benzene ring substituents is 1. The zero-order valence-corrected chi connectivity index (χ0v) is 25.7. The molecule has 1 aliphatic heterocycles. The number of hydrogen-bond donors (Lipinski definition) is 0. The number of thiazole rings is 1. The number of furan rings is 1. The molecule has 4 aromatic rings. The van der Waals surface area contributed by atoms with E-state index in [1.54, 1.807) is 58.0 Å². The molecule has 12 heteroatoms. The van der Waals surface area contributed by atoms with Crippen LogP contribution in [-0.4, -0.2) is 28.7 Å². The molecule has 0 saturated carbocycles. The van der Waals surface area contributed by atoms with E-state index in [0.717, 1.165) is 4.47 Å². The van der Waals surface area contributed by atoms with E-state index in [-0.39, 0.29) is 22.9 Å². The van der Waals surface area contributed by atoms with Crippen molar-refractivity contribution < 1.29 is 23.6 Å². The zero-order valence-electron chi connectivity index (χ0n) is 23.3. The van der Waals surface area contributed by atoms with Gasteiger partial charge in [-0.05, 0) is 69.7 Å². The van der Waals surface area contributed by atoms with Gasteiger partial charge in [-0.25, -0.2) is 9.79 Å². The Balaban J connectivity index is 1.65. The summed E-state index contributed by atoms with van der Waals surface area (Å²) in [6.45, 7) is 7.00. The molecule has 216 valence electrons. The number of benzene rings is 2. The van der Waals surface area contributed by atoms with E-state index >= 15 is 0 Å². The first-order valence-corrected chi connectivity index (χ1v) is 14.5. The highest BCUT2D eigenvalue weighted by Crippen LogP contribution is 2.37. The van der Waals surface area contributed by atoms with Crippen LogP contribution in [0.25, 0.3) is 17.4 Å². The number of rotatable bonds is 7. The standard InChI is InChI=1S/C30H26BrN3O7S/c1-15(2)40-29(36)26-17(4)32-30-33(27(26)22-13-18(31)6-10-23(22)39-5)28(35)25(42-30)14-20-8-11-24(41-20)21-9-7-19(34(37)38)12-16(21)3/h6-15,27H,1-5H3/b25-14-/t27-/m1/s1. The maximum absolute atomic E-state index is 14.0. The number of carbonyl (C=O) groups is 1. The number of methoxy groups -OCH3 is 1. The summed E-state index contributed by atoms with van der Waals surface area (Å²) in [6, 6.07) is 12.5. The molecule has 0 spiro atoms. The van der Waals surface area contributed by atoms with Crippen molar-refractivity contribution in [3.05, 3.63) is 111 Å². The van der Waals surface area contributed by atoms with Crippen molar-refractivity contribution in [2.75, 3.05) is 7.11 Å². The number of nitro benzene ring substituents is 1. The van der Waals surface area contributed by atoms with Crippen LogP contribution >= 0.6 is 27.3 Å². The molecule has 42 heavy (non-hydrogen) atoms. The van der Waals surface area contributed by atoms with Crippen LogP contribution in [0.1, 0.15) is 43.7 Å². The van der Waals surface area contributed by atoms with Gasteiger partial charge in [0.1, 0.15) is 23.3 Å². The summed E-state index contributed by atoms with van der Waals surface area (Å²) in [6.07, 6.45) is 1.24. The van der Waals surface area contributed by atoms with Crippen LogP contribution in [0.4, 0.5) is 5.69 Å². The first kappa shape index (κ1) is 29.2. The predicted molar refractivity (Wildman–Crippen MR) is 161 cm³/mol. The van der Waals surface area contributed by atoms with Crippen LogP contribution < -0.4 is 19.6 Å². The highest BCUT2D eigenvalue weighted by atomic mass is 79.9. The average Bonchev–Trinajstić information content (AvgIpc) is 3.51. The van der Waals surface area contributed by atoms with Crippen molar-refractivity contribution in [3.63, 3.8) is 0 Å². The smallest absolute Gasteiger partial charge is 0.338 e. The van der Waals surface area contributed by atoms with Crippen LogP contribution in [0.15, 0.2) is 78.5 Å². The van der Waals surface area contributed by atoms with E-state index in [9.17, 15) is 19.7 Å². The Labute approximate surface area is 252 Å². The van der Waals surface area contributed by atoms with Crippen LogP contribution in [-0.2, 0) is 9.53 Å². The molecule has 1 atom stereocenters. The van der Waals surface area contributed by atoms with Crippen molar-refractivity contribution in [2.45, 2.75) is 39.8 Å². The molecule has 0 bridgehead atoms. The fourth-order valence-electron chi connectivity index (χ4n) is 4.82. The summed E-state index contributed by atoms with van der Waals surface area (Å²) in [5, 5.41) is 11.1. The van der Waals surface area contributed by atoms with Crippen molar-refractivity contribution in [2.24, 2.45) is 4.99 Å². The Kier molecular flexibility index (Phi) is 8.02. The third-order valence-electron chi connectivity index (χ3n) is 6.66. The lowest BCUT2D eigenvalue weighted by Gasteiger charge is -2.26. The second-order valence-electron chi connectivity index (χ2n) is 9.88.